The largest absolute Gasteiger partial charge is 0.342 e. The minimum absolute atomic E-state index is 0.0110. The van der Waals surface area contributed by atoms with Crippen LogP contribution in [0.25, 0.3) is 0 Å². The summed E-state index contributed by atoms with van der Waals surface area (Å²) in [5.74, 6) is -0.298. The standard InChI is InChI=1S/C21H24N2O3S/c1-15-9-11-19(27-15)18(24)10-12-20(25)23-13-5-6-16(14-23)21(26)22-17-7-3-2-4-8-17/h2-4,7-9,11,16H,5-6,10,12-14H2,1H3,(H,22,26). The van der Waals surface area contributed by atoms with Gasteiger partial charge in [0.15, 0.2) is 5.78 Å². The molecule has 1 aromatic carbocycles. The third-order valence-corrected chi connectivity index (χ3v) is 5.81. The van der Waals surface area contributed by atoms with Crippen LogP contribution in [0, 0.1) is 12.8 Å². The van der Waals surface area contributed by atoms with E-state index in [-0.39, 0.29) is 36.4 Å². The van der Waals surface area contributed by atoms with E-state index in [4.69, 9.17) is 0 Å². The van der Waals surface area contributed by atoms with Gasteiger partial charge in [0.05, 0.1) is 10.8 Å². The van der Waals surface area contributed by atoms with Gasteiger partial charge < -0.3 is 10.2 Å². The summed E-state index contributed by atoms with van der Waals surface area (Å²) < 4.78 is 0. The Kier molecular flexibility index (Phi) is 6.40. The summed E-state index contributed by atoms with van der Waals surface area (Å²) >= 11 is 1.46. The first kappa shape index (κ1) is 19.3. The highest BCUT2D eigenvalue weighted by Crippen LogP contribution is 2.21. The van der Waals surface area contributed by atoms with E-state index in [1.807, 2.05) is 49.4 Å². The predicted octanol–water partition coefficient (Wildman–Crippen LogP) is 3.90. The maximum absolute atomic E-state index is 12.5. The molecule has 3 rings (SSSR count). The molecule has 1 aromatic heterocycles. The summed E-state index contributed by atoms with van der Waals surface area (Å²) in [4.78, 5) is 40.7. The van der Waals surface area contributed by atoms with Crippen molar-refractivity contribution in [3.63, 3.8) is 0 Å². The highest BCUT2D eigenvalue weighted by molar-refractivity contribution is 7.14. The van der Waals surface area contributed by atoms with E-state index in [0.717, 1.165) is 23.4 Å². The normalized spacial score (nSPS) is 16.8. The molecule has 1 atom stereocenters. The van der Waals surface area contributed by atoms with Crippen molar-refractivity contribution in [1.29, 1.82) is 0 Å². The Morgan fingerprint density at radius 3 is 2.59 bits per heavy atom. The van der Waals surface area contributed by atoms with Gasteiger partial charge >= 0.3 is 0 Å². The van der Waals surface area contributed by atoms with Gasteiger partial charge in [-0.15, -0.1) is 11.3 Å². The van der Waals surface area contributed by atoms with Crippen molar-refractivity contribution in [3.05, 3.63) is 52.2 Å². The van der Waals surface area contributed by atoms with Gasteiger partial charge in [0, 0.05) is 36.5 Å². The van der Waals surface area contributed by atoms with E-state index in [2.05, 4.69) is 5.32 Å². The number of thiophene rings is 1. The van der Waals surface area contributed by atoms with Crippen molar-refractivity contribution in [2.24, 2.45) is 5.92 Å². The number of benzene rings is 1. The van der Waals surface area contributed by atoms with E-state index in [9.17, 15) is 14.4 Å². The van der Waals surface area contributed by atoms with Crippen molar-refractivity contribution in [2.75, 3.05) is 18.4 Å². The van der Waals surface area contributed by atoms with Crippen LogP contribution < -0.4 is 5.32 Å². The Morgan fingerprint density at radius 2 is 1.89 bits per heavy atom. The van der Waals surface area contributed by atoms with E-state index < -0.39 is 0 Å². The molecule has 0 saturated carbocycles. The molecule has 142 valence electrons. The Balaban J connectivity index is 1.50. The molecule has 1 aliphatic rings. The zero-order valence-electron chi connectivity index (χ0n) is 15.4. The molecule has 2 aromatic rings. The molecule has 0 radical (unpaired) electrons. The summed E-state index contributed by atoms with van der Waals surface area (Å²) in [6.07, 6.45) is 1.99. The highest BCUT2D eigenvalue weighted by Gasteiger charge is 2.28. The monoisotopic (exact) mass is 384 g/mol. The number of hydrogen-bond donors (Lipinski definition) is 1. The molecule has 1 saturated heterocycles. The lowest BCUT2D eigenvalue weighted by Gasteiger charge is -2.32. The maximum Gasteiger partial charge on any atom is 0.229 e. The van der Waals surface area contributed by atoms with Crippen LogP contribution in [0.4, 0.5) is 5.69 Å². The van der Waals surface area contributed by atoms with Gasteiger partial charge in [-0.1, -0.05) is 18.2 Å². The molecule has 5 nitrogen and oxygen atoms in total. The summed E-state index contributed by atoms with van der Waals surface area (Å²) in [6.45, 7) is 3.03. The number of rotatable bonds is 6. The molecule has 2 amide bonds. The van der Waals surface area contributed by atoms with Crippen molar-refractivity contribution < 1.29 is 14.4 Å². The van der Waals surface area contributed by atoms with Crippen LogP contribution in [0.1, 0.15) is 40.2 Å². The average molecular weight is 385 g/mol. The first-order valence-corrected chi connectivity index (χ1v) is 10.1. The Morgan fingerprint density at radius 1 is 1.11 bits per heavy atom. The summed E-state index contributed by atoms with van der Waals surface area (Å²) in [5, 5.41) is 2.92. The number of aryl methyl sites for hydroxylation is 1. The topological polar surface area (TPSA) is 66.5 Å². The number of amides is 2. The molecule has 1 fully saturated rings. The highest BCUT2D eigenvalue weighted by atomic mass is 32.1. The number of Topliss-reactive ketones (excluding diaryl/α,β-unsaturated/α-hetero) is 1. The van der Waals surface area contributed by atoms with Crippen LogP contribution >= 0.6 is 11.3 Å². The molecular weight excluding hydrogens is 360 g/mol. The number of para-hydroxylation sites is 1. The number of carbonyl (C=O) groups is 3. The second-order valence-corrected chi connectivity index (χ2v) is 8.16. The lowest BCUT2D eigenvalue weighted by atomic mass is 9.96. The van der Waals surface area contributed by atoms with Crippen molar-refractivity contribution in [1.82, 2.24) is 4.90 Å². The van der Waals surface area contributed by atoms with Crippen molar-refractivity contribution in [2.45, 2.75) is 32.6 Å². The zero-order valence-corrected chi connectivity index (χ0v) is 16.3. The third kappa shape index (κ3) is 5.26. The zero-order chi connectivity index (χ0) is 19.2. The van der Waals surface area contributed by atoms with Gasteiger partial charge in [-0.25, -0.2) is 0 Å². The van der Waals surface area contributed by atoms with Gasteiger partial charge in [0.25, 0.3) is 0 Å². The van der Waals surface area contributed by atoms with E-state index in [1.54, 1.807) is 4.90 Å². The number of nitrogens with one attached hydrogen (secondary N) is 1. The van der Waals surface area contributed by atoms with Crippen molar-refractivity contribution in [3.8, 4) is 0 Å². The second-order valence-electron chi connectivity index (χ2n) is 6.87. The van der Waals surface area contributed by atoms with Crippen molar-refractivity contribution >= 4 is 34.6 Å². The molecule has 0 aliphatic carbocycles. The second kappa shape index (κ2) is 8.95. The number of nitrogens with zero attached hydrogens (tertiary/aromatic N) is 1. The summed E-state index contributed by atoms with van der Waals surface area (Å²) in [5.41, 5.74) is 0.766. The van der Waals surface area contributed by atoms with E-state index >= 15 is 0 Å². The summed E-state index contributed by atoms with van der Waals surface area (Å²) in [7, 11) is 0. The number of anilines is 1. The van der Waals surface area contributed by atoms with Gasteiger partial charge in [-0.05, 0) is 44.0 Å². The number of ketones is 1. The fourth-order valence-electron chi connectivity index (χ4n) is 3.27. The molecule has 1 N–H and O–H groups in total. The first-order valence-electron chi connectivity index (χ1n) is 9.26. The Hall–Kier alpha value is -2.47. The van der Waals surface area contributed by atoms with Crippen LogP contribution in [0.3, 0.4) is 0 Å². The molecule has 0 spiro atoms. The number of carbonyl (C=O) groups excluding carboxylic acids is 3. The van der Waals surface area contributed by atoms with Crippen LogP contribution in [0.15, 0.2) is 42.5 Å². The van der Waals surface area contributed by atoms with Gasteiger partial charge in [-0.2, -0.15) is 0 Å². The van der Waals surface area contributed by atoms with Crippen LogP contribution in [0.5, 0.6) is 0 Å². The Labute approximate surface area is 163 Å². The summed E-state index contributed by atoms with van der Waals surface area (Å²) in [6, 6.07) is 13.1. The third-order valence-electron chi connectivity index (χ3n) is 4.77. The smallest absolute Gasteiger partial charge is 0.229 e. The Bertz CT molecular complexity index is 816. The number of hydrogen-bond acceptors (Lipinski definition) is 4. The maximum atomic E-state index is 12.5. The molecular formula is C21H24N2O3S. The van der Waals surface area contributed by atoms with Crippen LogP contribution in [-0.2, 0) is 9.59 Å². The average Bonchev–Trinajstić information content (AvgIpc) is 3.13. The SMILES string of the molecule is Cc1ccc(C(=O)CCC(=O)N2CCCC(C(=O)Nc3ccccc3)C2)s1. The fourth-order valence-corrected chi connectivity index (χ4v) is 4.10. The minimum Gasteiger partial charge on any atom is -0.342 e. The van der Waals surface area contributed by atoms with E-state index in [0.29, 0.717) is 18.0 Å². The minimum atomic E-state index is -0.210. The van der Waals surface area contributed by atoms with Crippen LogP contribution in [-0.4, -0.2) is 35.6 Å². The lowest BCUT2D eigenvalue weighted by Crippen LogP contribution is -2.43. The van der Waals surface area contributed by atoms with Gasteiger partial charge in [-0.3, -0.25) is 14.4 Å². The molecule has 0 bridgehead atoms. The lowest BCUT2D eigenvalue weighted by molar-refractivity contribution is -0.134. The predicted molar refractivity (Wildman–Crippen MR) is 107 cm³/mol. The van der Waals surface area contributed by atoms with Crippen LogP contribution in [0.2, 0.25) is 0 Å². The fraction of sp³-hybridized carbons (Fsp3) is 0.381. The first-order chi connectivity index (χ1) is 13.0. The number of piperidine rings is 1. The van der Waals surface area contributed by atoms with Gasteiger partial charge in [0.1, 0.15) is 0 Å². The molecule has 2 heterocycles. The molecule has 27 heavy (non-hydrogen) atoms. The molecule has 1 unspecified atom stereocenters. The quantitative estimate of drug-likeness (QED) is 0.768. The molecule has 6 heteroatoms. The van der Waals surface area contributed by atoms with Gasteiger partial charge in [0.2, 0.25) is 11.8 Å². The molecule has 1 aliphatic heterocycles. The van der Waals surface area contributed by atoms with E-state index in [1.165, 1.54) is 11.3 Å². The number of likely N-dealkylation sites (tertiary alicyclic amines) is 1.